The van der Waals surface area contributed by atoms with E-state index in [1.807, 2.05) is 0 Å². The highest BCUT2D eigenvalue weighted by Gasteiger charge is 2.26. The van der Waals surface area contributed by atoms with Gasteiger partial charge < -0.3 is 0 Å². The number of rotatable bonds is 0. The second kappa shape index (κ2) is 6.04. The highest BCUT2D eigenvalue weighted by atomic mass is 14.7. The van der Waals surface area contributed by atoms with Crippen LogP contribution in [0.1, 0.15) is 78.6 Å². The van der Waals surface area contributed by atoms with E-state index in [-0.39, 0.29) is 0 Å². The van der Waals surface area contributed by atoms with Crippen LogP contribution in [0.2, 0.25) is 0 Å². The van der Waals surface area contributed by atoms with Gasteiger partial charge in [0.1, 0.15) is 0 Å². The minimum absolute atomic E-state index is 0.296. The molecule has 2 aliphatic rings. The van der Waals surface area contributed by atoms with Crippen molar-refractivity contribution in [2.75, 3.05) is 0 Å². The van der Waals surface area contributed by atoms with Crippen LogP contribution in [-0.4, -0.2) is 5.71 Å². The predicted octanol–water partition coefficient (Wildman–Crippen LogP) is 5.51. The molecule has 0 amide bonds. The molecule has 0 aromatic heterocycles. The molecular formula is C17H29N. The van der Waals surface area contributed by atoms with E-state index < -0.39 is 0 Å². The van der Waals surface area contributed by atoms with Gasteiger partial charge in [0.2, 0.25) is 0 Å². The first-order valence-corrected chi connectivity index (χ1v) is 7.83. The summed E-state index contributed by atoms with van der Waals surface area (Å²) in [5.41, 5.74) is 3.35. The largest absolute Gasteiger partial charge is 0.265 e. The molecule has 1 nitrogen and oxygen atoms in total. The number of allylic oxidation sites excluding steroid dienone is 1. The first kappa shape index (κ1) is 13.8. The fourth-order valence-corrected chi connectivity index (χ4v) is 3.14. The summed E-state index contributed by atoms with van der Waals surface area (Å²) in [6, 6.07) is 0. The van der Waals surface area contributed by atoms with Gasteiger partial charge in [0, 0.05) is 17.8 Å². The van der Waals surface area contributed by atoms with Crippen LogP contribution in [0.3, 0.4) is 0 Å². The highest BCUT2D eigenvalue weighted by molar-refractivity contribution is 5.88. The standard InChI is InChI=1S/C17H29N/c1-17(2,3)15-12-14-10-8-6-4-5-7-9-11-16(14)18-13-15/h13-14H,4-12H2,1-3H3. The van der Waals surface area contributed by atoms with Crippen LogP contribution in [-0.2, 0) is 0 Å². The molecule has 0 saturated heterocycles. The van der Waals surface area contributed by atoms with Crippen LogP contribution in [0, 0.1) is 11.3 Å². The summed E-state index contributed by atoms with van der Waals surface area (Å²) >= 11 is 0. The van der Waals surface area contributed by atoms with Crippen LogP contribution in [0.15, 0.2) is 16.8 Å². The molecule has 102 valence electrons. The van der Waals surface area contributed by atoms with Crippen LogP contribution in [0.25, 0.3) is 0 Å². The minimum Gasteiger partial charge on any atom is -0.265 e. The molecule has 0 N–H and O–H groups in total. The fourth-order valence-electron chi connectivity index (χ4n) is 3.14. The number of aliphatic imine (C=N–C) groups is 1. The second-order valence-electron chi connectivity index (χ2n) is 7.09. The van der Waals surface area contributed by atoms with Crippen molar-refractivity contribution in [2.45, 2.75) is 78.6 Å². The third kappa shape index (κ3) is 3.70. The van der Waals surface area contributed by atoms with Gasteiger partial charge in [-0.1, -0.05) is 52.9 Å². The zero-order valence-corrected chi connectivity index (χ0v) is 12.5. The molecule has 1 aliphatic heterocycles. The molecule has 0 aromatic rings. The summed E-state index contributed by atoms with van der Waals surface area (Å²) in [4.78, 5) is 4.83. The quantitative estimate of drug-likeness (QED) is 0.535. The van der Waals surface area contributed by atoms with E-state index in [0.717, 1.165) is 5.92 Å². The predicted molar refractivity (Wildman–Crippen MR) is 80.0 cm³/mol. The van der Waals surface area contributed by atoms with E-state index in [2.05, 4.69) is 27.0 Å². The van der Waals surface area contributed by atoms with Gasteiger partial charge in [0.15, 0.2) is 0 Å². The fraction of sp³-hybridized carbons (Fsp3) is 0.824. The summed E-state index contributed by atoms with van der Waals surface area (Å²) in [6.07, 6.45) is 14.5. The van der Waals surface area contributed by atoms with Crippen molar-refractivity contribution >= 4 is 5.71 Å². The molecule has 1 aliphatic carbocycles. The average Bonchev–Trinajstić information content (AvgIpc) is 2.33. The van der Waals surface area contributed by atoms with Crippen LogP contribution < -0.4 is 0 Å². The van der Waals surface area contributed by atoms with Crippen molar-refractivity contribution in [2.24, 2.45) is 16.3 Å². The van der Waals surface area contributed by atoms with E-state index in [1.165, 1.54) is 63.5 Å². The number of hydrogen-bond acceptors (Lipinski definition) is 1. The number of nitrogens with zero attached hydrogens (tertiary/aromatic N) is 1. The molecule has 18 heavy (non-hydrogen) atoms. The Labute approximate surface area is 113 Å². The van der Waals surface area contributed by atoms with Crippen molar-refractivity contribution in [3.63, 3.8) is 0 Å². The topological polar surface area (TPSA) is 12.4 Å². The zero-order chi connectivity index (χ0) is 13.0. The van der Waals surface area contributed by atoms with Gasteiger partial charge in [-0.25, -0.2) is 0 Å². The van der Waals surface area contributed by atoms with E-state index >= 15 is 0 Å². The summed E-state index contributed by atoms with van der Waals surface area (Å²) in [5.74, 6) is 0.752. The third-order valence-corrected chi connectivity index (χ3v) is 4.52. The van der Waals surface area contributed by atoms with Crippen molar-refractivity contribution in [3.05, 3.63) is 11.8 Å². The van der Waals surface area contributed by atoms with E-state index in [4.69, 9.17) is 4.99 Å². The van der Waals surface area contributed by atoms with Crippen LogP contribution in [0.4, 0.5) is 0 Å². The number of hydrogen-bond donors (Lipinski definition) is 0. The first-order chi connectivity index (χ1) is 8.57. The number of fused-ring (bicyclic) bond motifs is 1. The maximum Gasteiger partial charge on any atom is 0.0264 e. The molecule has 1 saturated carbocycles. The molecular weight excluding hydrogens is 218 g/mol. The SMILES string of the molecule is CC(C)(C)C1=CN=C2CCCCCCCCC2C1. The summed E-state index contributed by atoms with van der Waals surface area (Å²) in [6.45, 7) is 6.96. The van der Waals surface area contributed by atoms with Crippen LogP contribution >= 0.6 is 0 Å². The third-order valence-electron chi connectivity index (χ3n) is 4.52. The van der Waals surface area contributed by atoms with Gasteiger partial charge in [0.05, 0.1) is 0 Å². The van der Waals surface area contributed by atoms with Gasteiger partial charge in [-0.2, -0.15) is 0 Å². The lowest BCUT2D eigenvalue weighted by molar-refractivity contribution is 0.433. The Morgan fingerprint density at radius 3 is 2.39 bits per heavy atom. The summed E-state index contributed by atoms with van der Waals surface area (Å²) in [7, 11) is 0. The lowest BCUT2D eigenvalue weighted by Crippen LogP contribution is -2.23. The minimum atomic E-state index is 0.296. The van der Waals surface area contributed by atoms with E-state index in [0.29, 0.717) is 5.41 Å². The van der Waals surface area contributed by atoms with Crippen molar-refractivity contribution < 1.29 is 0 Å². The van der Waals surface area contributed by atoms with E-state index in [9.17, 15) is 0 Å². The van der Waals surface area contributed by atoms with Crippen LogP contribution in [0.5, 0.6) is 0 Å². The molecule has 0 radical (unpaired) electrons. The summed E-state index contributed by atoms with van der Waals surface area (Å²) < 4.78 is 0. The summed E-state index contributed by atoms with van der Waals surface area (Å²) in [5, 5.41) is 0. The molecule has 0 spiro atoms. The monoisotopic (exact) mass is 247 g/mol. The Balaban J connectivity index is 2.08. The Morgan fingerprint density at radius 2 is 1.67 bits per heavy atom. The maximum absolute atomic E-state index is 4.83. The second-order valence-corrected chi connectivity index (χ2v) is 7.09. The van der Waals surface area contributed by atoms with Crippen molar-refractivity contribution in [1.82, 2.24) is 0 Å². The smallest absolute Gasteiger partial charge is 0.0264 e. The van der Waals surface area contributed by atoms with E-state index in [1.54, 1.807) is 5.57 Å². The molecule has 0 aromatic carbocycles. The van der Waals surface area contributed by atoms with Crippen molar-refractivity contribution in [3.8, 4) is 0 Å². The molecule has 1 atom stereocenters. The zero-order valence-electron chi connectivity index (χ0n) is 12.5. The Bertz CT molecular complexity index is 330. The molecule has 1 unspecified atom stereocenters. The van der Waals surface area contributed by atoms with Crippen molar-refractivity contribution in [1.29, 1.82) is 0 Å². The van der Waals surface area contributed by atoms with Gasteiger partial charge in [-0.05, 0) is 36.7 Å². The molecule has 1 fully saturated rings. The Hall–Kier alpha value is -0.590. The molecule has 1 heteroatoms. The molecule has 2 rings (SSSR count). The van der Waals surface area contributed by atoms with Gasteiger partial charge in [0.25, 0.3) is 0 Å². The Kier molecular flexibility index (Phi) is 4.64. The maximum atomic E-state index is 4.83. The van der Waals surface area contributed by atoms with Gasteiger partial charge >= 0.3 is 0 Å². The van der Waals surface area contributed by atoms with Gasteiger partial charge in [-0.15, -0.1) is 0 Å². The lowest BCUT2D eigenvalue weighted by atomic mass is 9.76. The average molecular weight is 247 g/mol. The Morgan fingerprint density at radius 1 is 1.00 bits per heavy atom. The van der Waals surface area contributed by atoms with Gasteiger partial charge in [-0.3, -0.25) is 4.99 Å². The lowest BCUT2D eigenvalue weighted by Gasteiger charge is -2.31. The highest BCUT2D eigenvalue weighted by Crippen LogP contribution is 2.36. The molecule has 0 bridgehead atoms. The molecule has 1 heterocycles. The normalized spacial score (nSPS) is 26.9. The first-order valence-electron chi connectivity index (χ1n) is 7.83.